The normalized spacial score (nSPS) is 10.1. The summed E-state index contributed by atoms with van der Waals surface area (Å²) in [6.07, 6.45) is 4.67. The van der Waals surface area contributed by atoms with E-state index in [0.29, 0.717) is 23.6 Å². The summed E-state index contributed by atoms with van der Waals surface area (Å²) in [7, 11) is 1.33. The number of rotatable bonds is 6. The van der Waals surface area contributed by atoms with Crippen LogP contribution in [-0.4, -0.2) is 33.9 Å². The molecule has 3 rings (SSSR count). The molecule has 0 aliphatic carbocycles. The number of pyridine rings is 1. The number of aromatic nitrogens is 3. The smallest absolute Gasteiger partial charge is 0.337 e. The highest BCUT2D eigenvalue weighted by Crippen LogP contribution is 2.16. The van der Waals surface area contributed by atoms with Crippen LogP contribution < -0.4 is 10.6 Å². The highest BCUT2D eigenvalue weighted by molar-refractivity contribution is 5.93. The van der Waals surface area contributed by atoms with Crippen molar-refractivity contribution < 1.29 is 14.3 Å². The lowest BCUT2D eigenvalue weighted by Crippen LogP contribution is -2.24. The molecule has 27 heavy (non-hydrogen) atoms. The van der Waals surface area contributed by atoms with Crippen molar-refractivity contribution in [2.75, 3.05) is 12.4 Å². The highest BCUT2D eigenvalue weighted by atomic mass is 16.5. The fourth-order valence-electron chi connectivity index (χ4n) is 2.28. The number of nitrogens with zero attached hydrogens (tertiary/aromatic N) is 3. The number of anilines is 2. The number of carbonyl (C=O) groups is 2. The molecule has 2 aromatic heterocycles. The summed E-state index contributed by atoms with van der Waals surface area (Å²) in [6.45, 7) is 0.356. The Morgan fingerprint density at radius 2 is 1.93 bits per heavy atom. The van der Waals surface area contributed by atoms with Crippen LogP contribution in [0.25, 0.3) is 0 Å². The van der Waals surface area contributed by atoms with Gasteiger partial charge in [0.25, 0.3) is 5.91 Å². The third-order valence-corrected chi connectivity index (χ3v) is 3.65. The van der Waals surface area contributed by atoms with Gasteiger partial charge in [0.05, 0.1) is 12.7 Å². The maximum absolute atomic E-state index is 12.3. The van der Waals surface area contributed by atoms with Crippen LogP contribution in [0, 0.1) is 0 Å². The van der Waals surface area contributed by atoms with Crippen LogP contribution in [0.15, 0.2) is 61.2 Å². The van der Waals surface area contributed by atoms with Crippen molar-refractivity contribution in [2.24, 2.45) is 0 Å². The Kier molecular flexibility index (Phi) is 5.68. The van der Waals surface area contributed by atoms with E-state index < -0.39 is 5.97 Å². The molecule has 0 unspecified atom stereocenters. The van der Waals surface area contributed by atoms with Gasteiger partial charge in [0.15, 0.2) is 0 Å². The lowest BCUT2D eigenvalue weighted by molar-refractivity contribution is 0.0600. The van der Waals surface area contributed by atoms with E-state index in [1.807, 2.05) is 6.07 Å². The Labute approximate surface area is 155 Å². The maximum atomic E-state index is 12.3. The van der Waals surface area contributed by atoms with E-state index in [4.69, 9.17) is 0 Å². The van der Waals surface area contributed by atoms with Crippen molar-refractivity contribution in [3.8, 4) is 0 Å². The molecule has 1 aromatic carbocycles. The molecule has 0 radical (unpaired) electrons. The maximum Gasteiger partial charge on any atom is 0.337 e. The molecule has 2 N–H and O–H groups in total. The van der Waals surface area contributed by atoms with Gasteiger partial charge < -0.3 is 15.4 Å². The van der Waals surface area contributed by atoms with Crippen molar-refractivity contribution >= 4 is 23.4 Å². The second-order valence-corrected chi connectivity index (χ2v) is 5.53. The van der Waals surface area contributed by atoms with Crippen molar-refractivity contribution in [1.82, 2.24) is 20.3 Å². The monoisotopic (exact) mass is 363 g/mol. The van der Waals surface area contributed by atoms with E-state index in [1.165, 1.54) is 13.4 Å². The number of nitrogens with one attached hydrogen (secondary N) is 2. The first-order valence-corrected chi connectivity index (χ1v) is 8.10. The molecular formula is C19H17N5O3. The van der Waals surface area contributed by atoms with Crippen LogP contribution in [0.2, 0.25) is 0 Å². The number of carbonyl (C=O) groups excluding carboxylic acids is 2. The molecule has 3 aromatic rings. The average Bonchev–Trinajstić information content (AvgIpc) is 2.73. The minimum atomic E-state index is -0.406. The molecule has 0 aliphatic heterocycles. The minimum Gasteiger partial charge on any atom is -0.465 e. The molecular weight excluding hydrogens is 346 g/mol. The Morgan fingerprint density at radius 1 is 1.11 bits per heavy atom. The second-order valence-electron chi connectivity index (χ2n) is 5.53. The summed E-state index contributed by atoms with van der Waals surface area (Å²) in [6, 6.07) is 11.9. The van der Waals surface area contributed by atoms with Gasteiger partial charge in [-0.15, -0.1) is 0 Å². The number of hydrogen-bond donors (Lipinski definition) is 2. The molecule has 0 fully saturated rings. The van der Waals surface area contributed by atoms with E-state index in [2.05, 4.69) is 30.3 Å². The minimum absolute atomic E-state index is 0.238. The van der Waals surface area contributed by atoms with Crippen LogP contribution in [0.1, 0.15) is 26.4 Å². The van der Waals surface area contributed by atoms with Gasteiger partial charge in [-0.25, -0.2) is 14.8 Å². The molecule has 8 heteroatoms. The molecule has 0 aliphatic rings. The molecule has 8 nitrogen and oxygen atoms in total. The first-order valence-electron chi connectivity index (χ1n) is 8.10. The molecule has 0 saturated heterocycles. The van der Waals surface area contributed by atoms with Crippen molar-refractivity contribution in [2.45, 2.75) is 6.54 Å². The molecule has 136 valence electrons. The van der Waals surface area contributed by atoms with E-state index in [0.717, 1.165) is 5.56 Å². The lowest BCUT2D eigenvalue weighted by atomic mass is 10.2. The van der Waals surface area contributed by atoms with E-state index >= 15 is 0 Å². The zero-order valence-corrected chi connectivity index (χ0v) is 14.5. The number of amides is 1. The number of ether oxygens (including phenoxy) is 1. The second kappa shape index (κ2) is 8.52. The summed E-state index contributed by atoms with van der Waals surface area (Å²) in [5, 5.41) is 5.85. The summed E-state index contributed by atoms with van der Waals surface area (Å²) < 4.78 is 4.66. The number of methoxy groups -OCH3 is 1. The van der Waals surface area contributed by atoms with Gasteiger partial charge in [-0.2, -0.15) is 0 Å². The molecule has 2 heterocycles. The van der Waals surface area contributed by atoms with Gasteiger partial charge in [-0.3, -0.25) is 9.78 Å². The van der Waals surface area contributed by atoms with Gasteiger partial charge in [0, 0.05) is 30.7 Å². The van der Waals surface area contributed by atoms with Crippen LogP contribution in [0.4, 0.5) is 11.5 Å². The number of hydrogen-bond acceptors (Lipinski definition) is 7. The molecule has 0 saturated carbocycles. The number of esters is 1. The Hall–Kier alpha value is -3.81. The average molecular weight is 363 g/mol. The van der Waals surface area contributed by atoms with Crippen LogP contribution in [-0.2, 0) is 11.3 Å². The molecule has 0 spiro atoms. The summed E-state index contributed by atoms with van der Waals surface area (Å²) >= 11 is 0. The van der Waals surface area contributed by atoms with E-state index in [1.54, 1.807) is 48.8 Å². The van der Waals surface area contributed by atoms with Crippen molar-refractivity contribution in [3.63, 3.8) is 0 Å². The third kappa shape index (κ3) is 4.85. The topological polar surface area (TPSA) is 106 Å². The highest BCUT2D eigenvalue weighted by Gasteiger charge is 2.09. The van der Waals surface area contributed by atoms with Crippen molar-refractivity contribution in [3.05, 3.63) is 78.0 Å². The van der Waals surface area contributed by atoms with Gasteiger partial charge >= 0.3 is 5.97 Å². The standard InChI is InChI=1S/C19H17N5O3/c1-27-19(26)14-4-6-15(7-5-14)24-17-9-16(22-12-23-17)18(25)21-11-13-3-2-8-20-10-13/h2-10,12H,11H2,1H3,(H,21,25)(H,22,23,24). The van der Waals surface area contributed by atoms with Gasteiger partial charge in [0.2, 0.25) is 0 Å². The van der Waals surface area contributed by atoms with Gasteiger partial charge in [-0.05, 0) is 35.9 Å². The van der Waals surface area contributed by atoms with E-state index in [9.17, 15) is 9.59 Å². The quantitative estimate of drug-likeness (QED) is 0.647. The zero-order valence-electron chi connectivity index (χ0n) is 14.5. The van der Waals surface area contributed by atoms with Crippen LogP contribution in [0.3, 0.4) is 0 Å². The molecule has 1 amide bonds. The SMILES string of the molecule is COC(=O)c1ccc(Nc2cc(C(=O)NCc3cccnc3)ncn2)cc1. The predicted molar refractivity (Wildman–Crippen MR) is 98.5 cm³/mol. The Bertz CT molecular complexity index is 930. The lowest BCUT2D eigenvalue weighted by Gasteiger charge is -2.08. The first-order chi connectivity index (χ1) is 13.2. The van der Waals surface area contributed by atoms with E-state index in [-0.39, 0.29) is 11.6 Å². The third-order valence-electron chi connectivity index (χ3n) is 3.65. The van der Waals surface area contributed by atoms with Crippen molar-refractivity contribution in [1.29, 1.82) is 0 Å². The summed E-state index contributed by atoms with van der Waals surface area (Å²) in [5.41, 5.74) is 2.29. The predicted octanol–water partition coefficient (Wildman–Crippen LogP) is 2.33. The molecule has 0 bridgehead atoms. The Morgan fingerprint density at radius 3 is 2.63 bits per heavy atom. The molecule has 0 atom stereocenters. The number of benzene rings is 1. The fourth-order valence-corrected chi connectivity index (χ4v) is 2.28. The zero-order chi connectivity index (χ0) is 19.1. The Balaban J connectivity index is 1.64. The van der Waals surface area contributed by atoms with Crippen LogP contribution >= 0.6 is 0 Å². The van der Waals surface area contributed by atoms with Crippen LogP contribution in [0.5, 0.6) is 0 Å². The summed E-state index contributed by atoms with van der Waals surface area (Å²) in [4.78, 5) is 35.8. The van der Waals surface area contributed by atoms with Gasteiger partial charge in [0.1, 0.15) is 17.8 Å². The summed E-state index contributed by atoms with van der Waals surface area (Å²) in [5.74, 6) is -0.260. The first kappa shape index (κ1) is 18.0. The van der Waals surface area contributed by atoms with Gasteiger partial charge in [-0.1, -0.05) is 6.07 Å². The fraction of sp³-hybridized carbons (Fsp3) is 0.105. The largest absolute Gasteiger partial charge is 0.465 e.